The lowest BCUT2D eigenvalue weighted by Gasteiger charge is -2.18. The molecule has 1 atom stereocenters. The maximum atomic E-state index is 11.5. The van der Waals surface area contributed by atoms with E-state index < -0.39 is 0 Å². The summed E-state index contributed by atoms with van der Waals surface area (Å²) in [5.41, 5.74) is 0. The van der Waals surface area contributed by atoms with Crippen LogP contribution in [0.5, 0.6) is 0 Å². The van der Waals surface area contributed by atoms with Crippen molar-refractivity contribution < 1.29 is 9.59 Å². The number of nitrogens with zero attached hydrogens (tertiary/aromatic N) is 1. The van der Waals surface area contributed by atoms with Gasteiger partial charge in [-0.25, -0.2) is 0 Å². The van der Waals surface area contributed by atoms with Gasteiger partial charge in [-0.3, -0.25) is 9.59 Å². The van der Waals surface area contributed by atoms with Gasteiger partial charge in [0.05, 0.1) is 4.83 Å². The molecule has 0 rings (SSSR count). The topological polar surface area (TPSA) is 49.4 Å². The summed E-state index contributed by atoms with van der Waals surface area (Å²) in [7, 11) is 0. The second-order valence-electron chi connectivity index (χ2n) is 3.22. The maximum Gasteiger partial charge on any atom is 0.233 e. The zero-order valence-electron chi connectivity index (χ0n) is 9.55. The van der Waals surface area contributed by atoms with E-state index in [1.165, 1.54) is 0 Å². The molecule has 0 radical (unpaired) electrons. The monoisotopic (exact) mass is 278 g/mol. The summed E-state index contributed by atoms with van der Waals surface area (Å²) >= 11 is 3.16. The van der Waals surface area contributed by atoms with Crippen LogP contribution in [-0.4, -0.2) is 41.2 Å². The van der Waals surface area contributed by atoms with Gasteiger partial charge >= 0.3 is 0 Å². The molecule has 0 saturated heterocycles. The van der Waals surface area contributed by atoms with Gasteiger partial charge in [0.2, 0.25) is 11.8 Å². The molecule has 5 heteroatoms. The molecule has 0 aliphatic heterocycles. The Morgan fingerprint density at radius 3 is 2.27 bits per heavy atom. The number of halogens is 1. The normalized spacial score (nSPS) is 12.0. The van der Waals surface area contributed by atoms with Gasteiger partial charge in [-0.05, 0) is 20.8 Å². The highest BCUT2D eigenvalue weighted by atomic mass is 79.9. The number of hydrogen-bond acceptors (Lipinski definition) is 2. The van der Waals surface area contributed by atoms with E-state index in [4.69, 9.17) is 0 Å². The molecule has 0 saturated carbocycles. The molecule has 0 aliphatic rings. The van der Waals surface area contributed by atoms with Gasteiger partial charge in [-0.15, -0.1) is 0 Å². The van der Waals surface area contributed by atoms with Crippen LogP contribution in [0.2, 0.25) is 0 Å². The highest BCUT2D eigenvalue weighted by Gasteiger charge is 2.11. The summed E-state index contributed by atoms with van der Waals surface area (Å²) < 4.78 is 0. The lowest BCUT2D eigenvalue weighted by molar-refractivity contribution is -0.130. The quantitative estimate of drug-likeness (QED) is 0.741. The van der Waals surface area contributed by atoms with Crippen LogP contribution in [0.15, 0.2) is 0 Å². The van der Waals surface area contributed by atoms with Gasteiger partial charge in [-0.2, -0.15) is 0 Å². The number of carbonyl (C=O) groups excluding carboxylic acids is 2. The van der Waals surface area contributed by atoms with Gasteiger partial charge in [0.15, 0.2) is 0 Å². The van der Waals surface area contributed by atoms with Crippen molar-refractivity contribution in [2.45, 2.75) is 32.0 Å². The largest absolute Gasteiger partial charge is 0.355 e. The van der Waals surface area contributed by atoms with Crippen molar-refractivity contribution >= 4 is 27.7 Å². The lowest BCUT2D eigenvalue weighted by Crippen LogP contribution is -2.36. The number of nitrogens with one attached hydrogen (secondary N) is 1. The number of alkyl halides is 1. The fourth-order valence-electron chi connectivity index (χ4n) is 1.17. The standard InChI is InChI=1S/C10H19BrN2O2/c1-4-13(5-2)9(14)6-7-12-10(15)8(3)11/h8H,4-7H2,1-3H3,(H,12,15). The van der Waals surface area contributed by atoms with Crippen LogP contribution in [0.3, 0.4) is 0 Å². The number of rotatable bonds is 6. The molecule has 0 bridgehead atoms. The molecule has 15 heavy (non-hydrogen) atoms. The molecule has 0 aromatic heterocycles. The van der Waals surface area contributed by atoms with Gasteiger partial charge < -0.3 is 10.2 Å². The Morgan fingerprint density at radius 1 is 1.33 bits per heavy atom. The van der Waals surface area contributed by atoms with E-state index in [1.807, 2.05) is 13.8 Å². The van der Waals surface area contributed by atoms with Crippen molar-refractivity contribution in [2.24, 2.45) is 0 Å². The third kappa shape index (κ3) is 5.77. The summed E-state index contributed by atoms with van der Waals surface area (Å²) in [4.78, 5) is 24.2. The number of hydrogen-bond donors (Lipinski definition) is 1. The van der Waals surface area contributed by atoms with Gasteiger partial charge in [0.25, 0.3) is 0 Å². The molecular formula is C10H19BrN2O2. The smallest absolute Gasteiger partial charge is 0.233 e. The van der Waals surface area contributed by atoms with E-state index in [1.54, 1.807) is 11.8 Å². The van der Waals surface area contributed by atoms with Crippen LogP contribution >= 0.6 is 15.9 Å². The molecule has 0 heterocycles. The lowest BCUT2D eigenvalue weighted by atomic mass is 10.3. The molecule has 4 nitrogen and oxygen atoms in total. The molecule has 2 amide bonds. The summed E-state index contributed by atoms with van der Waals surface area (Å²) in [5, 5.41) is 2.68. The van der Waals surface area contributed by atoms with Crippen LogP contribution in [-0.2, 0) is 9.59 Å². The highest BCUT2D eigenvalue weighted by molar-refractivity contribution is 9.10. The van der Waals surface area contributed by atoms with Gasteiger partial charge in [0, 0.05) is 26.1 Å². The first-order valence-electron chi connectivity index (χ1n) is 5.22. The summed E-state index contributed by atoms with van der Waals surface area (Å²) in [6.45, 7) is 7.49. The molecule has 0 spiro atoms. The van der Waals surface area contributed by atoms with Crippen molar-refractivity contribution in [3.05, 3.63) is 0 Å². The predicted molar refractivity (Wildman–Crippen MR) is 63.9 cm³/mol. The Kier molecular flexibility index (Phi) is 7.38. The maximum absolute atomic E-state index is 11.5. The fourth-order valence-corrected chi connectivity index (χ4v) is 1.33. The summed E-state index contributed by atoms with van der Waals surface area (Å²) in [5.74, 6) is 0.00451. The number of carbonyl (C=O) groups is 2. The first-order chi connectivity index (χ1) is 7.02. The van der Waals surface area contributed by atoms with E-state index in [0.29, 0.717) is 13.0 Å². The zero-order valence-corrected chi connectivity index (χ0v) is 11.1. The van der Waals surface area contributed by atoms with Crippen LogP contribution in [0.25, 0.3) is 0 Å². The van der Waals surface area contributed by atoms with Gasteiger partial charge in [0.1, 0.15) is 0 Å². The Bertz CT molecular complexity index is 215. The fraction of sp³-hybridized carbons (Fsp3) is 0.800. The average molecular weight is 279 g/mol. The third-order valence-corrected chi connectivity index (χ3v) is 2.53. The van der Waals surface area contributed by atoms with Crippen molar-refractivity contribution in [3.63, 3.8) is 0 Å². The Balaban J connectivity index is 3.76. The molecule has 0 aromatic rings. The average Bonchev–Trinajstić information content (AvgIpc) is 2.19. The van der Waals surface area contributed by atoms with E-state index in [2.05, 4.69) is 21.2 Å². The second kappa shape index (κ2) is 7.68. The van der Waals surface area contributed by atoms with Crippen LogP contribution < -0.4 is 5.32 Å². The summed E-state index contributed by atoms with van der Waals surface area (Å²) in [6, 6.07) is 0. The SMILES string of the molecule is CCN(CC)C(=O)CCNC(=O)C(C)Br. The predicted octanol–water partition coefficient (Wildman–Crippen LogP) is 1.14. The van der Waals surface area contributed by atoms with E-state index in [-0.39, 0.29) is 16.6 Å². The molecule has 0 fully saturated rings. The van der Waals surface area contributed by atoms with Crippen LogP contribution in [0.4, 0.5) is 0 Å². The van der Waals surface area contributed by atoms with Crippen molar-refractivity contribution in [2.75, 3.05) is 19.6 Å². The minimum absolute atomic E-state index is 0.0812. The van der Waals surface area contributed by atoms with Crippen LogP contribution in [0.1, 0.15) is 27.2 Å². The molecule has 1 unspecified atom stereocenters. The third-order valence-electron chi connectivity index (χ3n) is 2.12. The van der Waals surface area contributed by atoms with Crippen molar-refractivity contribution in [1.82, 2.24) is 10.2 Å². The molecule has 1 N–H and O–H groups in total. The molecule has 0 aliphatic carbocycles. The summed E-state index contributed by atoms with van der Waals surface area (Å²) in [6.07, 6.45) is 0.368. The van der Waals surface area contributed by atoms with E-state index in [9.17, 15) is 9.59 Å². The Morgan fingerprint density at radius 2 is 1.87 bits per heavy atom. The second-order valence-corrected chi connectivity index (χ2v) is 4.60. The zero-order chi connectivity index (χ0) is 11.8. The molecule has 0 aromatic carbocycles. The minimum atomic E-state index is -0.207. The molecular weight excluding hydrogens is 260 g/mol. The van der Waals surface area contributed by atoms with Crippen LogP contribution in [0, 0.1) is 0 Å². The molecule has 88 valence electrons. The Hall–Kier alpha value is -0.580. The highest BCUT2D eigenvalue weighted by Crippen LogP contribution is 1.97. The first-order valence-corrected chi connectivity index (χ1v) is 6.14. The van der Waals surface area contributed by atoms with Gasteiger partial charge in [-0.1, -0.05) is 15.9 Å². The van der Waals surface area contributed by atoms with E-state index >= 15 is 0 Å². The van der Waals surface area contributed by atoms with Crippen molar-refractivity contribution in [1.29, 1.82) is 0 Å². The van der Waals surface area contributed by atoms with Crippen molar-refractivity contribution in [3.8, 4) is 0 Å². The number of amides is 2. The van der Waals surface area contributed by atoms with E-state index in [0.717, 1.165) is 13.1 Å². The first kappa shape index (κ1) is 14.4. The minimum Gasteiger partial charge on any atom is -0.355 e. The Labute approximate surface area is 99.5 Å².